The Labute approximate surface area is 270 Å². The Bertz CT molecular complexity index is 1540. The molecule has 14 heteroatoms. The summed E-state index contributed by atoms with van der Waals surface area (Å²) in [4.78, 5) is 39.3. The summed E-state index contributed by atoms with van der Waals surface area (Å²) >= 11 is 1.53. The maximum atomic E-state index is 14.0. The van der Waals surface area contributed by atoms with Gasteiger partial charge in [0.25, 0.3) is 10.0 Å². The maximum Gasteiger partial charge on any atom is 0.321 e. The molecule has 0 saturated carbocycles. The highest BCUT2D eigenvalue weighted by Crippen LogP contribution is 2.23. The predicted octanol–water partition coefficient (Wildman–Crippen LogP) is 2.88. The zero-order chi connectivity index (χ0) is 32.9. The van der Waals surface area contributed by atoms with Gasteiger partial charge in [0.2, 0.25) is 5.91 Å². The number of urea groups is 1. The summed E-state index contributed by atoms with van der Waals surface area (Å²) in [6, 6.07) is 7.55. The van der Waals surface area contributed by atoms with Crippen molar-refractivity contribution in [3.05, 3.63) is 64.5 Å². The zero-order valence-electron chi connectivity index (χ0n) is 26.8. The monoisotopic (exact) mass is 659 g/mol. The van der Waals surface area contributed by atoms with Crippen LogP contribution in [0.4, 0.5) is 4.79 Å². The molecule has 1 fully saturated rings. The van der Waals surface area contributed by atoms with Gasteiger partial charge < -0.3 is 24.8 Å². The Morgan fingerprint density at radius 1 is 1.13 bits per heavy atom. The summed E-state index contributed by atoms with van der Waals surface area (Å²) in [6.45, 7) is 10.6. The van der Waals surface area contributed by atoms with Gasteiger partial charge in [-0.2, -0.15) is 4.31 Å². The lowest BCUT2D eigenvalue weighted by molar-refractivity contribution is -0.128. The second kappa shape index (κ2) is 14.8. The minimum Gasteiger partial charge on any atom is -0.390 e. The highest BCUT2D eigenvalue weighted by atomic mass is 32.2. The first-order valence-electron chi connectivity index (χ1n) is 15.2. The first-order valence-corrected chi connectivity index (χ1v) is 17.5. The number of nitrogens with one attached hydrogen (secondary N) is 1. The quantitative estimate of drug-likeness (QED) is 0.256. The van der Waals surface area contributed by atoms with Crippen molar-refractivity contribution < 1.29 is 23.1 Å². The predicted molar refractivity (Wildman–Crippen MR) is 173 cm³/mol. The summed E-state index contributed by atoms with van der Waals surface area (Å²) in [6.07, 6.45) is 1.86. The third kappa shape index (κ3) is 8.69. The molecule has 3 aromatic rings. The number of aromatic nitrogens is 3. The number of thiazole rings is 1. The highest BCUT2D eigenvalue weighted by Gasteiger charge is 2.40. The molecule has 1 saturated heterocycles. The van der Waals surface area contributed by atoms with E-state index in [9.17, 15) is 23.1 Å². The van der Waals surface area contributed by atoms with Gasteiger partial charge in [-0.1, -0.05) is 58.0 Å². The van der Waals surface area contributed by atoms with Gasteiger partial charge in [0, 0.05) is 44.8 Å². The normalized spacial score (nSPS) is 16.2. The Hall–Kier alpha value is -3.33. The van der Waals surface area contributed by atoms with Crippen molar-refractivity contribution in [2.75, 3.05) is 26.2 Å². The van der Waals surface area contributed by atoms with E-state index >= 15 is 0 Å². The number of nitrogens with zero attached hydrogens (tertiary/aromatic N) is 6. The molecule has 12 nitrogen and oxygen atoms in total. The van der Waals surface area contributed by atoms with Crippen molar-refractivity contribution in [2.45, 2.75) is 70.8 Å². The molecule has 1 aliphatic heterocycles. The molecule has 3 amide bonds. The molecule has 0 spiro atoms. The molecule has 0 radical (unpaired) electrons. The van der Waals surface area contributed by atoms with E-state index in [0.29, 0.717) is 19.6 Å². The molecule has 1 aliphatic rings. The molecule has 1 aromatic carbocycles. The van der Waals surface area contributed by atoms with E-state index in [1.165, 1.54) is 28.2 Å². The van der Waals surface area contributed by atoms with Crippen molar-refractivity contribution >= 4 is 33.3 Å². The third-order valence-electron chi connectivity index (χ3n) is 7.72. The molecule has 3 atom stereocenters. The van der Waals surface area contributed by atoms with Gasteiger partial charge in [0.1, 0.15) is 6.04 Å². The molecular formula is C31H45N7O5S2. The second-order valence-corrected chi connectivity index (χ2v) is 15.4. The summed E-state index contributed by atoms with van der Waals surface area (Å²) in [5.41, 5.74) is 1.68. The van der Waals surface area contributed by atoms with Gasteiger partial charge in [-0.25, -0.2) is 23.2 Å². The Morgan fingerprint density at radius 3 is 2.42 bits per heavy atom. The fourth-order valence-corrected chi connectivity index (χ4v) is 7.77. The number of aliphatic hydroxyl groups is 1. The number of aliphatic hydroxyl groups excluding tert-OH is 1. The lowest BCUT2D eigenvalue weighted by Gasteiger charge is -2.34. The van der Waals surface area contributed by atoms with Crippen molar-refractivity contribution in [1.29, 1.82) is 0 Å². The molecular weight excluding hydrogens is 615 g/mol. The third-order valence-corrected chi connectivity index (χ3v) is 10.3. The number of rotatable bonds is 15. The molecule has 246 valence electrons. The van der Waals surface area contributed by atoms with E-state index in [2.05, 4.69) is 15.3 Å². The number of amides is 3. The Balaban J connectivity index is 1.56. The first kappa shape index (κ1) is 34.5. The number of hydrogen-bond acceptors (Lipinski definition) is 8. The average Bonchev–Trinajstić information content (AvgIpc) is 3.69. The summed E-state index contributed by atoms with van der Waals surface area (Å²) < 4.78 is 30.0. The van der Waals surface area contributed by atoms with Crippen LogP contribution in [-0.2, 0) is 34.8 Å². The number of carbonyl (C=O) groups excluding carboxylic acids is 2. The fraction of sp³-hybridized carbons (Fsp3) is 0.548. The van der Waals surface area contributed by atoms with Crippen LogP contribution in [0.2, 0.25) is 0 Å². The van der Waals surface area contributed by atoms with Crippen LogP contribution in [0.3, 0.4) is 0 Å². The van der Waals surface area contributed by atoms with E-state index in [0.717, 1.165) is 16.3 Å². The summed E-state index contributed by atoms with van der Waals surface area (Å²) in [5, 5.41) is 17.4. The van der Waals surface area contributed by atoms with E-state index < -0.39 is 34.1 Å². The topological polar surface area (TPSA) is 141 Å². The number of benzene rings is 1. The van der Waals surface area contributed by atoms with Gasteiger partial charge in [-0.05, 0) is 30.7 Å². The highest BCUT2D eigenvalue weighted by molar-refractivity contribution is 7.89. The maximum absolute atomic E-state index is 14.0. The second-order valence-electron chi connectivity index (χ2n) is 12.4. The molecule has 2 aromatic heterocycles. The number of carbonyl (C=O) groups is 2. The van der Waals surface area contributed by atoms with Gasteiger partial charge in [-0.3, -0.25) is 4.79 Å². The number of hydrogen-bond donors (Lipinski definition) is 2. The lowest BCUT2D eigenvalue weighted by Crippen LogP contribution is -2.57. The Morgan fingerprint density at radius 2 is 1.84 bits per heavy atom. The van der Waals surface area contributed by atoms with Crippen LogP contribution in [0.25, 0.3) is 0 Å². The van der Waals surface area contributed by atoms with Crippen molar-refractivity contribution in [1.82, 2.24) is 34.0 Å². The number of sulfonamides is 1. The van der Waals surface area contributed by atoms with Gasteiger partial charge in [0.05, 0.1) is 35.7 Å². The first-order chi connectivity index (χ1) is 21.3. The van der Waals surface area contributed by atoms with Gasteiger partial charge >= 0.3 is 6.03 Å². The SMILES string of the molecule is Cc1nc(CN2CCN([C@H](C(=O)N[C@@H](Cc3ccccc3)[C@H](O)CN(CC(C)C)S(=O)(=O)c3cn(C)cn3)C(C)C)C2=O)cs1. The molecule has 4 rings (SSSR count). The number of imidazole rings is 1. The smallest absolute Gasteiger partial charge is 0.321 e. The van der Waals surface area contributed by atoms with Crippen LogP contribution in [-0.4, -0.2) is 98.5 Å². The van der Waals surface area contributed by atoms with Crippen molar-refractivity contribution in [2.24, 2.45) is 18.9 Å². The van der Waals surface area contributed by atoms with E-state index in [4.69, 9.17) is 0 Å². The van der Waals surface area contributed by atoms with Crippen LogP contribution in [0.1, 0.15) is 44.0 Å². The van der Waals surface area contributed by atoms with Crippen molar-refractivity contribution in [3.8, 4) is 0 Å². The van der Waals surface area contributed by atoms with Crippen molar-refractivity contribution in [3.63, 3.8) is 0 Å². The summed E-state index contributed by atoms with van der Waals surface area (Å²) in [5.74, 6) is -0.639. The van der Waals surface area contributed by atoms with E-state index in [1.54, 1.807) is 21.4 Å². The van der Waals surface area contributed by atoms with Crippen LogP contribution in [0, 0.1) is 18.8 Å². The average molecular weight is 660 g/mol. The minimum atomic E-state index is -4.02. The van der Waals surface area contributed by atoms with Crippen LogP contribution >= 0.6 is 11.3 Å². The standard InChI is InChI=1S/C31H45N7O5S2/c1-21(2)15-37(45(42,43)28-18-35(6)20-32-28)17-27(39)26(14-24-10-8-7-9-11-24)34-30(40)29(22(3)4)38-13-12-36(31(38)41)16-25-19-44-23(5)33-25/h7-11,18-22,26-27,29,39H,12-17H2,1-6H3,(H,34,40)/t26-,27+,29-/m0/s1. The molecule has 0 unspecified atom stereocenters. The molecule has 45 heavy (non-hydrogen) atoms. The summed E-state index contributed by atoms with van der Waals surface area (Å²) in [7, 11) is -2.33. The van der Waals surface area contributed by atoms with Gasteiger partial charge in [0.15, 0.2) is 5.03 Å². The van der Waals surface area contributed by atoms with Crippen LogP contribution in [0.5, 0.6) is 0 Å². The largest absolute Gasteiger partial charge is 0.390 e. The molecule has 0 aliphatic carbocycles. The number of aryl methyl sites for hydroxylation is 2. The Kier molecular flexibility index (Phi) is 11.4. The van der Waals surface area contributed by atoms with Crippen LogP contribution < -0.4 is 5.32 Å². The molecule has 2 N–H and O–H groups in total. The van der Waals surface area contributed by atoms with Gasteiger partial charge in [-0.15, -0.1) is 11.3 Å². The van der Waals surface area contributed by atoms with E-state index in [-0.39, 0.29) is 42.4 Å². The van der Waals surface area contributed by atoms with E-state index in [1.807, 2.05) is 70.3 Å². The molecule has 0 bridgehead atoms. The molecule has 3 heterocycles. The lowest BCUT2D eigenvalue weighted by atomic mass is 9.97. The van der Waals surface area contributed by atoms with Crippen LogP contribution in [0.15, 0.2) is 53.3 Å². The zero-order valence-corrected chi connectivity index (χ0v) is 28.5. The fourth-order valence-electron chi connectivity index (χ4n) is 5.57. The minimum absolute atomic E-state index is 0.0273.